The second-order valence-corrected chi connectivity index (χ2v) is 16.6. The van der Waals surface area contributed by atoms with Crippen LogP contribution in [0.25, 0.3) is 0 Å². The number of nitrogens with one attached hydrogen (secondary N) is 1. The highest BCUT2D eigenvalue weighted by molar-refractivity contribution is 7.80. The van der Waals surface area contributed by atoms with Gasteiger partial charge in [0.25, 0.3) is 0 Å². The van der Waals surface area contributed by atoms with Crippen molar-refractivity contribution < 1.29 is 57.8 Å². The van der Waals surface area contributed by atoms with Crippen LogP contribution in [-0.2, 0) is 25.4 Å². The zero-order valence-electron chi connectivity index (χ0n) is 31.5. The number of rotatable bonds is 12. The molecule has 0 radical (unpaired) electrons. The number of benzene rings is 2. The van der Waals surface area contributed by atoms with Gasteiger partial charge in [0.05, 0.1) is 37.3 Å². The second-order valence-electron chi connectivity index (χ2n) is 13.8. The molecule has 0 spiro atoms. The van der Waals surface area contributed by atoms with Crippen molar-refractivity contribution in [2.45, 2.75) is 66.4 Å². The Morgan fingerprint density at radius 3 is 2.45 bits per heavy atom. The van der Waals surface area contributed by atoms with Crippen LogP contribution in [0.2, 0.25) is 0 Å². The fourth-order valence-corrected chi connectivity index (χ4v) is 8.66. The van der Waals surface area contributed by atoms with Gasteiger partial charge < -0.3 is 48.7 Å². The van der Waals surface area contributed by atoms with Crippen molar-refractivity contribution in [3.8, 4) is 34.8 Å². The van der Waals surface area contributed by atoms with Gasteiger partial charge in [-0.15, -0.1) is 0 Å². The first-order chi connectivity index (χ1) is 27.6. The molecule has 7 atom stereocenters. The Balaban J connectivity index is 1.53. The van der Waals surface area contributed by atoms with Gasteiger partial charge in [0.1, 0.15) is 50.4 Å². The molecule has 0 aromatic heterocycles. The number of phenols is 1. The number of amides is 2. The van der Waals surface area contributed by atoms with E-state index in [1.54, 1.807) is 17.9 Å². The van der Waals surface area contributed by atoms with E-state index in [2.05, 4.69) is 37.2 Å². The van der Waals surface area contributed by atoms with Crippen LogP contribution in [0.5, 0.6) is 28.7 Å². The number of alkyl carbamates (subject to hydrolysis) is 1. The van der Waals surface area contributed by atoms with E-state index < -0.39 is 77.5 Å². The van der Waals surface area contributed by atoms with E-state index in [1.165, 1.54) is 18.1 Å². The highest BCUT2D eigenvalue weighted by atomic mass is 35.6. The molecule has 4 aliphatic heterocycles. The van der Waals surface area contributed by atoms with E-state index in [4.69, 9.17) is 68.0 Å². The number of hydrogen-bond acceptors (Lipinski definition) is 15. The van der Waals surface area contributed by atoms with Gasteiger partial charge in [-0.3, -0.25) is 9.80 Å². The fourth-order valence-electron chi connectivity index (χ4n) is 8.25. The molecule has 16 nitrogen and oxygen atoms in total. The zero-order chi connectivity index (χ0) is 42.2. The fraction of sp³-hybridized carbons (Fsp3) is 0.474. The summed E-state index contributed by atoms with van der Waals surface area (Å²) in [7, 11) is 1.48. The van der Waals surface area contributed by atoms with Gasteiger partial charge in [0.15, 0.2) is 23.0 Å². The van der Waals surface area contributed by atoms with Gasteiger partial charge in [-0.05, 0) is 31.4 Å². The number of carbonyl (C=O) groups is 3. The number of halogens is 3. The van der Waals surface area contributed by atoms with Crippen molar-refractivity contribution in [2.75, 3.05) is 46.1 Å². The Hall–Kier alpha value is -4.44. The predicted molar refractivity (Wildman–Crippen MR) is 212 cm³/mol. The van der Waals surface area contributed by atoms with Gasteiger partial charge in [-0.1, -0.05) is 66.2 Å². The molecule has 58 heavy (non-hydrogen) atoms. The Kier molecular flexibility index (Phi) is 13.0. The lowest BCUT2D eigenvalue weighted by atomic mass is 9.70. The van der Waals surface area contributed by atoms with Gasteiger partial charge in [-0.25, -0.2) is 14.4 Å². The quantitative estimate of drug-likeness (QED) is 0.0713. The maximum absolute atomic E-state index is 14.2. The molecule has 1 saturated heterocycles. The maximum Gasteiger partial charge on any atom is 0.411 e. The average molecular weight is 884 g/mol. The maximum atomic E-state index is 14.2. The van der Waals surface area contributed by atoms with E-state index in [9.17, 15) is 29.9 Å². The molecule has 0 unspecified atom stereocenters. The van der Waals surface area contributed by atoms with E-state index in [-0.39, 0.29) is 71.9 Å². The van der Waals surface area contributed by atoms with Crippen LogP contribution in [0.15, 0.2) is 31.4 Å². The van der Waals surface area contributed by atoms with Gasteiger partial charge >= 0.3 is 18.2 Å². The summed E-state index contributed by atoms with van der Waals surface area (Å²) in [5.74, 6) is -0.551. The summed E-state index contributed by atoms with van der Waals surface area (Å²) in [5, 5.41) is 38.0. The SMILES string of the molecule is C=CCOC(=O)N1[C@@H]2c3c(cc(C)c(OC)c3OCC=C)C[C@H]1[C@H](C#N)N1[C@H]2[C@@H](O)c2c(O)c(C)c3c(c2[C@@H]1COC(=O)[C@@H](CS)NC(=O)OCC(Cl)(Cl)Cl)OCO3. The molecule has 0 aliphatic carbocycles. The lowest BCUT2D eigenvalue weighted by Crippen LogP contribution is -2.71. The minimum absolute atomic E-state index is 0.00230. The molecule has 2 aromatic carbocycles. The van der Waals surface area contributed by atoms with E-state index in [0.29, 0.717) is 11.3 Å². The lowest BCUT2D eigenvalue weighted by Gasteiger charge is -2.61. The summed E-state index contributed by atoms with van der Waals surface area (Å²) in [6.45, 7) is 9.39. The Labute approximate surface area is 354 Å². The van der Waals surface area contributed by atoms with E-state index >= 15 is 0 Å². The van der Waals surface area contributed by atoms with Crippen LogP contribution in [0, 0.1) is 25.2 Å². The molecule has 20 heteroatoms. The summed E-state index contributed by atoms with van der Waals surface area (Å²) >= 11 is 21.3. The Bertz CT molecular complexity index is 2040. The van der Waals surface area contributed by atoms with Crippen LogP contribution < -0.4 is 24.3 Å². The molecule has 4 heterocycles. The first-order valence-electron chi connectivity index (χ1n) is 17.9. The van der Waals surface area contributed by atoms with Crippen molar-refractivity contribution in [3.05, 3.63) is 64.8 Å². The second kappa shape index (κ2) is 17.4. The van der Waals surface area contributed by atoms with E-state index in [1.807, 2.05) is 13.0 Å². The highest BCUT2D eigenvalue weighted by Gasteiger charge is 2.62. The van der Waals surface area contributed by atoms with Crippen LogP contribution in [0.4, 0.5) is 9.59 Å². The number of nitrogens with zero attached hydrogens (tertiary/aromatic N) is 3. The third-order valence-electron chi connectivity index (χ3n) is 10.4. The number of alkyl halides is 3. The van der Waals surface area contributed by atoms with Crippen molar-refractivity contribution in [3.63, 3.8) is 0 Å². The minimum Gasteiger partial charge on any atom is -0.507 e. The molecule has 3 N–H and O–H groups in total. The number of aromatic hydroxyl groups is 1. The molecule has 6 rings (SSSR count). The number of methoxy groups -OCH3 is 1. The standard InChI is InChI=1S/C38H41Cl3N4O12S/c1-6-8-52-33-24-19(10-17(3)31(33)51-5)11-21-22(12-42)44-23(13-54-35(48)20(14-58)43-36(49)55-15-38(39,40)41)25-26(29(46)18(4)32-34(25)57-16-56-32)30(47)28(44)27(24)45(21)37(50)53-9-7-2/h6-7,10,20-23,27-28,30,46-47,58H,1-2,8-9,11,13-16H2,3-5H3,(H,43,49)/t20-,21+,22+,23+,27-,28-,30+/m1/s1. The minimum atomic E-state index is -1.91. The number of aryl methyl sites for hydroxylation is 1. The normalized spacial score (nSPS) is 23.2. The summed E-state index contributed by atoms with van der Waals surface area (Å²) in [6, 6.07) is -2.75. The Morgan fingerprint density at radius 1 is 1.10 bits per heavy atom. The van der Waals surface area contributed by atoms with Crippen molar-refractivity contribution in [1.29, 1.82) is 5.26 Å². The number of carbonyl (C=O) groups excluding carboxylic acids is 3. The van der Waals surface area contributed by atoms with Gasteiger partial charge in [0.2, 0.25) is 10.6 Å². The van der Waals surface area contributed by atoms with Crippen LogP contribution >= 0.6 is 47.4 Å². The highest BCUT2D eigenvalue weighted by Crippen LogP contribution is 2.61. The summed E-state index contributed by atoms with van der Waals surface area (Å²) in [4.78, 5) is 43.5. The number of piperazine rings is 1. The molecule has 2 bridgehead atoms. The average Bonchev–Trinajstić information content (AvgIpc) is 3.68. The zero-order valence-corrected chi connectivity index (χ0v) is 34.7. The number of aliphatic hydroxyl groups excluding tert-OH is 1. The summed E-state index contributed by atoms with van der Waals surface area (Å²) in [6.07, 6.45) is -0.449. The van der Waals surface area contributed by atoms with Crippen molar-refractivity contribution in [2.24, 2.45) is 0 Å². The van der Waals surface area contributed by atoms with Crippen molar-refractivity contribution in [1.82, 2.24) is 15.1 Å². The molecule has 312 valence electrons. The first-order valence-corrected chi connectivity index (χ1v) is 19.7. The number of fused-ring (bicyclic) bond motifs is 9. The third kappa shape index (κ3) is 7.73. The number of esters is 1. The van der Waals surface area contributed by atoms with Crippen LogP contribution in [-0.4, -0.2) is 112 Å². The number of thiol groups is 1. The van der Waals surface area contributed by atoms with Crippen LogP contribution in [0.1, 0.15) is 51.6 Å². The molecule has 2 amide bonds. The molecule has 4 aliphatic rings. The predicted octanol–water partition coefficient (Wildman–Crippen LogP) is 5.20. The van der Waals surface area contributed by atoms with Crippen LogP contribution in [0.3, 0.4) is 0 Å². The number of aliphatic hydroxyl groups is 1. The molecule has 1 fully saturated rings. The monoisotopic (exact) mass is 882 g/mol. The number of phenolic OH excluding ortho intramolecular Hbond substituents is 1. The molecule has 0 saturated carbocycles. The third-order valence-corrected chi connectivity index (χ3v) is 11.1. The topological polar surface area (TPSA) is 199 Å². The number of ether oxygens (including phenoxy) is 7. The number of nitriles is 1. The molecule has 2 aromatic rings. The summed E-state index contributed by atoms with van der Waals surface area (Å²) < 4.78 is 38.3. The largest absolute Gasteiger partial charge is 0.507 e. The summed E-state index contributed by atoms with van der Waals surface area (Å²) in [5.41, 5.74) is 2.34. The first kappa shape index (κ1) is 43.1. The smallest absolute Gasteiger partial charge is 0.411 e. The van der Waals surface area contributed by atoms with Gasteiger partial charge in [0, 0.05) is 28.0 Å². The molecular formula is C38H41Cl3N4O12S. The van der Waals surface area contributed by atoms with Gasteiger partial charge in [-0.2, -0.15) is 17.9 Å². The lowest BCUT2D eigenvalue weighted by molar-refractivity contribution is -0.155. The molecular weight excluding hydrogens is 843 g/mol. The van der Waals surface area contributed by atoms with Crippen molar-refractivity contribution >= 4 is 65.6 Å². The Morgan fingerprint density at radius 2 is 1.81 bits per heavy atom. The number of hydrogen-bond donors (Lipinski definition) is 4. The van der Waals surface area contributed by atoms with E-state index in [0.717, 1.165) is 11.1 Å².